The Morgan fingerprint density at radius 2 is 1.90 bits per heavy atom. The normalized spacial score (nSPS) is 18.5. The number of thiophene rings is 1. The van der Waals surface area contributed by atoms with Crippen LogP contribution in [0.3, 0.4) is 0 Å². The number of nitrogens with one attached hydrogen (secondary N) is 2. The molecule has 1 aromatic heterocycles. The lowest BCUT2D eigenvalue weighted by Gasteiger charge is -2.25. The maximum absolute atomic E-state index is 13.1. The van der Waals surface area contributed by atoms with Crippen molar-refractivity contribution in [2.75, 3.05) is 18.5 Å². The van der Waals surface area contributed by atoms with Gasteiger partial charge < -0.3 is 15.4 Å². The van der Waals surface area contributed by atoms with Crippen molar-refractivity contribution in [1.82, 2.24) is 10.2 Å². The van der Waals surface area contributed by atoms with E-state index >= 15 is 0 Å². The molecule has 3 rings (SSSR count). The Morgan fingerprint density at radius 1 is 1.17 bits per heavy atom. The first-order valence-electron chi connectivity index (χ1n) is 9.17. The second kappa shape index (κ2) is 8.44. The third-order valence-electron chi connectivity index (χ3n) is 4.69. The molecule has 9 heteroatoms. The molecule has 0 bridgehead atoms. The van der Waals surface area contributed by atoms with Gasteiger partial charge in [-0.3, -0.25) is 14.5 Å². The quantitative estimate of drug-likeness (QED) is 0.534. The molecule has 0 saturated carbocycles. The Labute approximate surface area is 171 Å². The number of nitrogens with zero attached hydrogens (tertiary/aromatic N) is 1. The third-order valence-corrected chi connectivity index (χ3v) is 5.52. The van der Waals surface area contributed by atoms with E-state index in [0.29, 0.717) is 17.0 Å². The molecule has 1 saturated heterocycles. The van der Waals surface area contributed by atoms with Gasteiger partial charge in [0.2, 0.25) is 5.91 Å². The van der Waals surface area contributed by atoms with Gasteiger partial charge in [-0.05, 0) is 30.4 Å². The summed E-state index contributed by atoms with van der Waals surface area (Å²) in [6.45, 7) is 3.24. The lowest BCUT2D eigenvalue weighted by atomic mass is 9.87. The zero-order valence-electron chi connectivity index (χ0n) is 16.1. The van der Waals surface area contributed by atoms with Crippen LogP contribution in [0.15, 0.2) is 41.8 Å². The van der Waals surface area contributed by atoms with Gasteiger partial charge in [-0.1, -0.05) is 37.3 Å². The standard InChI is InChI=1S/C20H21N3O5S/c1-3-20(13-8-6-5-7-9-13)18(26)23(19(27)22-20)12-15(24)21-16-14(10-11-29-16)17(25)28-4-2/h5-11H,3-4,12H2,1-2H3,(H,21,24)(H,22,27)/t20-/m0/s1. The molecule has 2 heterocycles. The lowest BCUT2D eigenvalue weighted by molar-refractivity contribution is -0.134. The van der Waals surface area contributed by atoms with Gasteiger partial charge in [-0.2, -0.15) is 0 Å². The number of anilines is 1. The highest BCUT2D eigenvalue weighted by atomic mass is 32.1. The lowest BCUT2D eigenvalue weighted by Crippen LogP contribution is -2.44. The van der Waals surface area contributed by atoms with Crippen LogP contribution in [-0.4, -0.2) is 41.9 Å². The zero-order chi connectivity index (χ0) is 21.0. The van der Waals surface area contributed by atoms with Crippen molar-refractivity contribution in [3.8, 4) is 0 Å². The van der Waals surface area contributed by atoms with E-state index in [1.807, 2.05) is 6.07 Å². The molecular weight excluding hydrogens is 394 g/mol. The minimum absolute atomic E-state index is 0.211. The van der Waals surface area contributed by atoms with E-state index < -0.39 is 35.9 Å². The predicted molar refractivity (Wildman–Crippen MR) is 108 cm³/mol. The predicted octanol–water partition coefficient (Wildman–Crippen LogP) is 2.72. The molecule has 1 atom stereocenters. The van der Waals surface area contributed by atoms with Gasteiger partial charge >= 0.3 is 12.0 Å². The summed E-state index contributed by atoms with van der Waals surface area (Å²) >= 11 is 1.16. The van der Waals surface area contributed by atoms with Gasteiger partial charge in [0.1, 0.15) is 17.1 Å². The molecule has 4 amide bonds. The molecule has 1 aromatic carbocycles. The van der Waals surface area contributed by atoms with Crippen molar-refractivity contribution in [2.24, 2.45) is 0 Å². The minimum atomic E-state index is -1.20. The van der Waals surface area contributed by atoms with Crippen LogP contribution >= 0.6 is 11.3 Å². The van der Waals surface area contributed by atoms with Crippen LogP contribution in [-0.2, 0) is 19.9 Å². The Morgan fingerprint density at radius 3 is 2.55 bits per heavy atom. The van der Waals surface area contributed by atoms with E-state index in [1.54, 1.807) is 49.6 Å². The second-order valence-corrected chi connectivity index (χ2v) is 7.29. The van der Waals surface area contributed by atoms with Crippen LogP contribution in [0.4, 0.5) is 9.80 Å². The summed E-state index contributed by atoms with van der Waals surface area (Å²) in [5, 5.41) is 7.27. The van der Waals surface area contributed by atoms with E-state index in [-0.39, 0.29) is 12.2 Å². The fourth-order valence-electron chi connectivity index (χ4n) is 3.22. The first kappa shape index (κ1) is 20.5. The molecule has 0 aliphatic carbocycles. The van der Waals surface area contributed by atoms with Gasteiger partial charge in [-0.25, -0.2) is 9.59 Å². The molecule has 152 valence electrons. The Kier molecular flexibility index (Phi) is 5.97. The number of amides is 4. The molecular formula is C20H21N3O5S. The number of urea groups is 1. The maximum Gasteiger partial charge on any atom is 0.341 e. The maximum atomic E-state index is 13.1. The van der Waals surface area contributed by atoms with Crippen LogP contribution in [0.2, 0.25) is 0 Å². The van der Waals surface area contributed by atoms with E-state index in [2.05, 4.69) is 10.6 Å². The number of hydrogen-bond acceptors (Lipinski definition) is 6. The molecule has 1 fully saturated rings. The highest BCUT2D eigenvalue weighted by molar-refractivity contribution is 7.14. The fraction of sp³-hybridized carbons (Fsp3) is 0.300. The summed E-state index contributed by atoms with van der Waals surface area (Å²) in [6.07, 6.45) is 0.345. The number of imide groups is 1. The molecule has 1 aliphatic rings. The number of carbonyl (C=O) groups is 4. The van der Waals surface area contributed by atoms with Crippen LogP contribution in [0.1, 0.15) is 36.2 Å². The van der Waals surface area contributed by atoms with Gasteiger partial charge in [0.05, 0.1) is 12.2 Å². The summed E-state index contributed by atoms with van der Waals surface area (Å²) in [5.41, 5.74) is -0.307. The molecule has 0 unspecified atom stereocenters. The average Bonchev–Trinajstić information content (AvgIpc) is 3.27. The Hall–Kier alpha value is -3.20. The monoisotopic (exact) mass is 415 g/mol. The summed E-state index contributed by atoms with van der Waals surface area (Å²) in [7, 11) is 0. The average molecular weight is 415 g/mol. The minimum Gasteiger partial charge on any atom is -0.462 e. The first-order chi connectivity index (χ1) is 13.9. The SMILES string of the molecule is CCOC(=O)c1ccsc1NC(=O)CN1C(=O)N[C@@](CC)(c2ccccc2)C1=O. The number of benzene rings is 1. The van der Waals surface area contributed by atoms with Gasteiger partial charge in [0, 0.05) is 0 Å². The van der Waals surface area contributed by atoms with E-state index in [4.69, 9.17) is 4.74 Å². The highest BCUT2D eigenvalue weighted by Crippen LogP contribution is 2.32. The molecule has 2 aromatic rings. The van der Waals surface area contributed by atoms with Crippen LogP contribution in [0, 0.1) is 0 Å². The van der Waals surface area contributed by atoms with Crippen LogP contribution < -0.4 is 10.6 Å². The van der Waals surface area contributed by atoms with E-state index in [9.17, 15) is 19.2 Å². The smallest absolute Gasteiger partial charge is 0.341 e. The highest BCUT2D eigenvalue weighted by Gasteiger charge is 2.51. The number of esters is 1. The molecule has 0 radical (unpaired) electrons. The molecule has 8 nitrogen and oxygen atoms in total. The van der Waals surface area contributed by atoms with Gasteiger partial charge in [0.25, 0.3) is 5.91 Å². The number of carbonyl (C=O) groups excluding carboxylic acids is 4. The third kappa shape index (κ3) is 3.86. The van der Waals surface area contributed by atoms with E-state index in [0.717, 1.165) is 16.2 Å². The van der Waals surface area contributed by atoms with E-state index in [1.165, 1.54) is 0 Å². The van der Waals surface area contributed by atoms with Crippen LogP contribution in [0.5, 0.6) is 0 Å². The van der Waals surface area contributed by atoms with Crippen molar-refractivity contribution in [2.45, 2.75) is 25.8 Å². The molecule has 2 N–H and O–H groups in total. The largest absolute Gasteiger partial charge is 0.462 e. The topological polar surface area (TPSA) is 105 Å². The zero-order valence-corrected chi connectivity index (χ0v) is 16.9. The van der Waals surface area contributed by atoms with Crippen molar-refractivity contribution in [1.29, 1.82) is 0 Å². The fourth-order valence-corrected chi connectivity index (χ4v) is 4.01. The van der Waals surface area contributed by atoms with Crippen LogP contribution in [0.25, 0.3) is 0 Å². The summed E-state index contributed by atoms with van der Waals surface area (Å²) in [5.74, 6) is -1.61. The summed E-state index contributed by atoms with van der Waals surface area (Å²) in [6, 6.07) is 9.84. The number of rotatable bonds is 7. The van der Waals surface area contributed by atoms with Crippen molar-refractivity contribution in [3.63, 3.8) is 0 Å². The summed E-state index contributed by atoms with van der Waals surface area (Å²) < 4.78 is 4.95. The van der Waals surface area contributed by atoms with Crippen molar-refractivity contribution >= 4 is 40.2 Å². The molecule has 0 spiro atoms. The van der Waals surface area contributed by atoms with Gasteiger partial charge in [0.15, 0.2) is 0 Å². The van der Waals surface area contributed by atoms with Crippen molar-refractivity contribution < 1.29 is 23.9 Å². The molecule has 29 heavy (non-hydrogen) atoms. The Balaban J connectivity index is 1.75. The first-order valence-corrected chi connectivity index (χ1v) is 10.0. The van der Waals surface area contributed by atoms with Gasteiger partial charge in [-0.15, -0.1) is 11.3 Å². The second-order valence-electron chi connectivity index (χ2n) is 6.38. The summed E-state index contributed by atoms with van der Waals surface area (Å²) in [4.78, 5) is 50.9. The number of ether oxygens (including phenoxy) is 1. The number of hydrogen-bond donors (Lipinski definition) is 2. The Bertz CT molecular complexity index is 943. The van der Waals surface area contributed by atoms with Crippen molar-refractivity contribution in [3.05, 3.63) is 52.9 Å². The molecule has 1 aliphatic heterocycles.